The molecule has 0 aliphatic heterocycles. The van der Waals surface area contributed by atoms with Gasteiger partial charge in [-0.2, -0.15) is 0 Å². The van der Waals surface area contributed by atoms with Crippen LogP contribution in [0.15, 0.2) is 83.4 Å². The molecular weight excluding hydrogens is 406 g/mol. The van der Waals surface area contributed by atoms with Gasteiger partial charge in [0.15, 0.2) is 0 Å². The van der Waals surface area contributed by atoms with Gasteiger partial charge in [-0.15, -0.1) is 0 Å². The smallest absolute Gasteiger partial charge is 0.144 e. The van der Waals surface area contributed by atoms with Crippen LogP contribution in [0, 0.1) is 6.85 Å². The molecule has 0 spiro atoms. The van der Waals surface area contributed by atoms with Crippen LogP contribution in [0.3, 0.4) is 0 Å². The second-order valence-corrected chi connectivity index (χ2v) is 14.5. The maximum absolute atomic E-state index is 8.01. The van der Waals surface area contributed by atoms with Gasteiger partial charge in [-0.1, -0.05) is 79.4 Å². The van der Waals surface area contributed by atoms with Gasteiger partial charge in [-0.25, -0.2) is 0 Å². The summed E-state index contributed by atoms with van der Waals surface area (Å²) in [6, 6.07) is 25.0. The molecule has 0 radical (unpaired) electrons. The fourth-order valence-corrected chi connectivity index (χ4v) is 6.21. The number of fused-ring (bicyclic) bond motifs is 7. The van der Waals surface area contributed by atoms with E-state index in [1.165, 1.54) is 5.39 Å². The fraction of sp³-hybridized carbons (Fsp3) is 0.138. The quantitative estimate of drug-likeness (QED) is 0.205. The third-order valence-corrected chi connectivity index (χ3v) is 8.39. The summed E-state index contributed by atoms with van der Waals surface area (Å²) in [4.78, 5) is 4.62. The summed E-state index contributed by atoms with van der Waals surface area (Å²) in [5.41, 5.74) is 3.62. The Kier molecular flexibility index (Phi) is 3.44. The third kappa shape index (κ3) is 2.81. The number of nitrogens with zero attached hydrogens (tertiary/aromatic N) is 1. The highest BCUT2D eigenvalue weighted by Gasteiger charge is 2.21. The summed E-state index contributed by atoms with van der Waals surface area (Å²) in [5.74, 6) is 0. The SMILES string of the molecule is [2H]C([2H])([2H])c1cnc(-c2cccc3c2oc2c3ccc3ccc4ccccc4c32)cc1[Si](C)(C)C. The van der Waals surface area contributed by atoms with Crippen molar-refractivity contribution >= 4 is 56.7 Å². The van der Waals surface area contributed by atoms with Gasteiger partial charge in [-0.3, -0.25) is 4.98 Å². The predicted octanol–water partition coefficient (Wildman–Crippen LogP) is 7.81. The minimum absolute atomic E-state index is 0.356. The number of furan rings is 1. The van der Waals surface area contributed by atoms with Gasteiger partial charge in [0.05, 0.1) is 13.8 Å². The molecule has 0 fully saturated rings. The highest BCUT2D eigenvalue weighted by Crippen LogP contribution is 2.40. The molecule has 0 aliphatic rings. The van der Waals surface area contributed by atoms with E-state index in [2.05, 4.69) is 79.2 Å². The fourth-order valence-electron chi connectivity index (χ4n) is 4.77. The minimum Gasteiger partial charge on any atom is -0.455 e. The number of para-hydroxylation sites is 1. The van der Waals surface area contributed by atoms with Crippen LogP contribution in [-0.2, 0) is 0 Å². The molecule has 0 saturated heterocycles. The molecule has 0 unspecified atom stereocenters. The third-order valence-electron chi connectivity index (χ3n) is 6.36. The number of hydrogen-bond acceptors (Lipinski definition) is 2. The van der Waals surface area contributed by atoms with Gasteiger partial charge in [0, 0.05) is 32.0 Å². The summed E-state index contributed by atoms with van der Waals surface area (Å²) >= 11 is 0. The standard InChI is InChI=1S/C29H25NOSi/c1-18-17-30-25(16-26(18)32(2,3)4)24-11-7-10-22-23-15-14-20-13-12-19-8-5-6-9-21(19)27(20)29(23)31-28(22)24/h5-17H,1-4H3/i1D3. The Morgan fingerprint density at radius 3 is 2.38 bits per heavy atom. The van der Waals surface area contributed by atoms with Gasteiger partial charge in [0.1, 0.15) is 11.2 Å². The number of pyridine rings is 1. The van der Waals surface area contributed by atoms with Crippen LogP contribution < -0.4 is 5.19 Å². The Hall–Kier alpha value is -3.43. The summed E-state index contributed by atoms with van der Waals surface area (Å²) in [6.45, 7) is 4.31. The first-order valence-electron chi connectivity index (χ1n) is 12.4. The molecule has 4 aromatic carbocycles. The molecule has 156 valence electrons. The first-order chi connectivity index (χ1) is 16.6. The van der Waals surface area contributed by atoms with Crippen LogP contribution in [0.25, 0.3) is 54.7 Å². The Bertz CT molecular complexity index is 1780. The predicted molar refractivity (Wildman–Crippen MR) is 140 cm³/mol. The van der Waals surface area contributed by atoms with Crippen molar-refractivity contribution in [3.8, 4) is 11.3 Å². The largest absolute Gasteiger partial charge is 0.455 e. The Morgan fingerprint density at radius 1 is 0.781 bits per heavy atom. The van der Waals surface area contributed by atoms with E-state index in [-0.39, 0.29) is 0 Å². The molecule has 2 heterocycles. The van der Waals surface area contributed by atoms with E-state index in [1.807, 2.05) is 18.2 Å². The Morgan fingerprint density at radius 2 is 1.53 bits per heavy atom. The van der Waals surface area contributed by atoms with Gasteiger partial charge in [0.25, 0.3) is 0 Å². The number of aromatic nitrogens is 1. The molecule has 2 aromatic heterocycles. The molecule has 0 saturated carbocycles. The van der Waals surface area contributed by atoms with Crippen LogP contribution >= 0.6 is 0 Å². The molecule has 0 aliphatic carbocycles. The number of benzene rings is 4. The summed E-state index contributed by atoms with van der Waals surface area (Å²) in [6.07, 6.45) is 1.54. The molecule has 0 amide bonds. The monoisotopic (exact) mass is 434 g/mol. The average molecular weight is 435 g/mol. The summed E-state index contributed by atoms with van der Waals surface area (Å²) in [7, 11) is -1.95. The maximum Gasteiger partial charge on any atom is 0.144 e. The van der Waals surface area contributed by atoms with Crippen molar-refractivity contribution in [1.29, 1.82) is 0 Å². The molecule has 6 rings (SSSR count). The first-order valence-corrected chi connectivity index (χ1v) is 14.4. The zero-order chi connectivity index (χ0) is 24.5. The topological polar surface area (TPSA) is 26.0 Å². The van der Waals surface area contributed by atoms with Crippen molar-refractivity contribution in [2.24, 2.45) is 0 Å². The summed E-state index contributed by atoms with van der Waals surface area (Å²) in [5, 5.41) is 7.59. The van der Waals surface area contributed by atoms with Gasteiger partial charge in [0.2, 0.25) is 0 Å². The molecule has 3 heteroatoms. The van der Waals surface area contributed by atoms with Crippen molar-refractivity contribution in [3.63, 3.8) is 0 Å². The van der Waals surface area contributed by atoms with E-state index >= 15 is 0 Å². The average Bonchev–Trinajstić information content (AvgIpc) is 3.21. The summed E-state index contributed by atoms with van der Waals surface area (Å²) < 4.78 is 30.7. The van der Waals surface area contributed by atoms with E-state index < -0.39 is 14.9 Å². The number of aryl methyl sites for hydroxylation is 1. The molecule has 0 N–H and O–H groups in total. The molecule has 2 nitrogen and oxygen atoms in total. The van der Waals surface area contributed by atoms with Crippen LogP contribution in [0.5, 0.6) is 0 Å². The van der Waals surface area contributed by atoms with E-state index in [1.54, 1.807) is 6.20 Å². The highest BCUT2D eigenvalue weighted by atomic mass is 28.3. The molecule has 6 aromatic rings. The van der Waals surface area contributed by atoms with E-state index in [4.69, 9.17) is 8.53 Å². The minimum atomic E-state index is -2.19. The lowest BCUT2D eigenvalue weighted by Crippen LogP contribution is -2.39. The van der Waals surface area contributed by atoms with Gasteiger partial charge >= 0.3 is 0 Å². The van der Waals surface area contributed by atoms with E-state index in [0.717, 1.165) is 54.5 Å². The Labute approximate surface area is 192 Å². The maximum atomic E-state index is 8.01. The molecule has 32 heavy (non-hydrogen) atoms. The highest BCUT2D eigenvalue weighted by molar-refractivity contribution is 6.89. The van der Waals surface area contributed by atoms with Crippen molar-refractivity contribution < 1.29 is 8.53 Å². The van der Waals surface area contributed by atoms with Crippen molar-refractivity contribution in [1.82, 2.24) is 4.98 Å². The second kappa shape index (κ2) is 6.78. The zero-order valence-electron chi connectivity index (χ0n) is 21.4. The van der Waals surface area contributed by atoms with Crippen LogP contribution in [-0.4, -0.2) is 13.1 Å². The lowest BCUT2D eigenvalue weighted by atomic mass is 9.99. The Balaban J connectivity index is 1.67. The van der Waals surface area contributed by atoms with Crippen molar-refractivity contribution in [2.45, 2.75) is 26.5 Å². The normalized spacial score (nSPS) is 14.2. The first kappa shape index (κ1) is 16.2. The molecular formula is C29H25NOSi. The number of hydrogen-bond donors (Lipinski definition) is 0. The van der Waals surface area contributed by atoms with Gasteiger partial charge < -0.3 is 4.42 Å². The number of rotatable bonds is 2. The molecule has 0 bridgehead atoms. The van der Waals surface area contributed by atoms with Crippen molar-refractivity contribution in [3.05, 3.63) is 84.6 Å². The lowest BCUT2D eigenvalue weighted by molar-refractivity contribution is 0.674. The van der Waals surface area contributed by atoms with Crippen molar-refractivity contribution in [2.75, 3.05) is 0 Å². The molecule has 0 atom stereocenters. The van der Waals surface area contributed by atoms with Crippen LogP contribution in [0.1, 0.15) is 9.68 Å². The van der Waals surface area contributed by atoms with E-state index in [9.17, 15) is 0 Å². The van der Waals surface area contributed by atoms with Crippen LogP contribution in [0.4, 0.5) is 0 Å². The second-order valence-electron chi connectivity index (χ2n) is 9.48. The van der Waals surface area contributed by atoms with Crippen LogP contribution in [0.2, 0.25) is 19.6 Å². The zero-order valence-corrected chi connectivity index (χ0v) is 19.4. The lowest BCUT2D eigenvalue weighted by Gasteiger charge is -2.20. The van der Waals surface area contributed by atoms with Gasteiger partial charge in [-0.05, 0) is 46.8 Å². The van der Waals surface area contributed by atoms with E-state index in [0.29, 0.717) is 5.56 Å².